The minimum absolute atomic E-state index is 0.350. The van der Waals surface area contributed by atoms with E-state index < -0.39 is 0 Å². The van der Waals surface area contributed by atoms with Crippen LogP contribution in [0.3, 0.4) is 0 Å². The van der Waals surface area contributed by atoms with Gasteiger partial charge in [0.15, 0.2) is 0 Å². The van der Waals surface area contributed by atoms with Gasteiger partial charge in [-0.15, -0.1) is 0 Å². The first-order valence-corrected chi connectivity index (χ1v) is 7.75. The molecule has 2 rings (SSSR count). The highest BCUT2D eigenvalue weighted by atomic mass is 35.5. The molecule has 0 aliphatic carbocycles. The fourth-order valence-electron chi connectivity index (χ4n) is 2.21. The van der Waals surface area contributed by atoms with Gasteiger partial charge in [-0.3, -0.25) is 0 Å². The van der Waals surface area contributed by atoms with E-state index in [1.54, 1.807) is 6.92 Å². The monoisotopic (exact) mass is 314 g/mol. The van der Waals surface area contributed by atoms with E-state index in [2.05, 4.69) is 19.1 Å². The molecular formula is C19H19ClO2. The van der Waals surface area contributed by atoms with Crippen molar-refractivity contribution in [2.24, 2.45) is 0 Å². The minimum atomic E-state index is -0.350. The third kappa shape index (κ3) is 4.22. The first-order chi connectivity index (χ1) is 10.6. The molecule has 0 N–H and O–H groups in total. The summed E-state index contributed by atoms with van der Waals surface area (Å²) < 4.78 is 5.04. The maximum absolute atomic E-state index is 11.9. The Labute approximate surface area is 136 Å². The van der Waals surface area contributed by atoms with E-state index >= 15 is 0 Å². The third-order valence-corrected chi connectivity index (χ3v) is 3.59. The summed E-state index contributed by atoms with van der Waals surface area (Å²) in [4.78, 5) is 11.9. The molecule has 0 aromatic heterocycles. The minimum Gasteiger partial charge on any atom is -0.463 e. The van der Waals surface area contributed by atoms with Gasteiger partial charge in [-0.05, 0) is 47.7 Å². The molecule has 2 aromatic rings. The summed E-state index contributed by atoms with van der Waals surface area (Å²) in [6, 6.07) is 15.6. The molecule has 0 spiro atoms. The van der Waals surface area contributed by atoms with Gasteiger partial charge < -0.3 is 4.74 Å². The molecular weight excluding hydrogens is 296 g/mol. The van der Waals surface area contributed by atoms with Gasteiger partial charge in [-0.1, -0.05) is 54.9 Å². The fourth-order valence-corrected chi connectivity index (χ4v) is 2.40. The summed E-state index contributed by atoms with van der Waals surface area (Å²) in [6.45, 7) is 4.26. The molecule has 0 unspecified atom stereocenters. The Kier molecular flexibility index (Phi) is 5.79. The molecule has 0 bridgehead atoms. The van der Waals surface area contributed by atoms with Crippen molar-refractivity contribution in [3.05, 3.63) is 76.3 Å². The first-order valence-electron chi connectivity index (χ1n) is 7.37. The molecule has 0 fully saturated rings. The molecule has 22 heavy (non-hydrogen) atoms. The number of carbonyl (C=O) groups excluding carboxylic acids is 1. The summed E-state index contributed by atoms with van der Waals surface area (Å²) in [6.07, 6.45) is 2.50. The molecule has 0 radical (unpaired) electrons. The van der Waals surface area contributed by atoms with Crippen molar-refractivity contribution in [3.63, 3.8) is 0 Å². The third-order valence-electron chi connectivity index (χ3n) is 3.36. The van der Waals surface area contributed by atoms with Crippen LogP contribution in [0.1, 0.15) is 30.5 Å². The van der Waals surface area contributed by atoms with Crippen LogP contribution in [-0.4, -0.2) is 12.6 Å². The highest BCUT2D eigenvalue weighted by molar-refractivity contribution is 6.30. The zero-order valence-electron chi connectivity index (χ0n) is 12.8. The zero-order chi connectivity index (χ0) is 15.9. The van der Waals surface area contributed by atoms with E-state index in [1.807, 2.05) is 36.4 Å². The number of benzene rings is 2. The van der Waals surface area contributed by atoms with E-state index in [9.17, 15) is 4.79 Å². The van der Waals surface area contributed by atoms with Gasteiger partial charge >= 0.3 is 5.97 Å². The molecule has 0 saturated carbocycles. The van der Waals surface area contributed by atoms with Gasteiger partial charge in [0.05, 0.1) is 6.61 Å². The number of rotatable bonds is 5. The van der Waals surface area contributed by atoms with Crippen LogP contribution in [0.5, 0.6) is 0 Å². The number of ether oxygens (including phenoxy) is 1. The summed E-state index contributed by atoms with van der Waals surface area (Å²) >= 11 is 6.08. The van der Waals surface area contributed by atoms with Crippen LogP contribution in [0.4, 0.5) is 0 Å². The van der Waals surface area contributed by atoms with Crippen LogP contribution >= 0.6 is 11.6 Å². The van der Waals surface area contributed by atoms with Crippen molar-refractivity contribution in [2.45, 2.75) is 20.3 Å². The van der Waals surface area contributed by atoms with Crippen molar-refractivity contribution in [3.8, 4) is 0 Å². The van der Waals surface area contributed by atoms with Gasteiger partial charge in [-0.25, -0.2) is 4.79 Å². The highest BCUT2D eigenvalue weighted by Crippen LogP contribution is 2.26. The Balaban J connectivity index is 2.47. The van der Waals surface area contributed by atoms with Gasteiger partial charge in [0, 0.05) is 11.1 Å². The molecule has 2 nitrogen and oxygen atoms in total. The largest absolute Gasteiger partial charge is 0.463 e. The molecule has 0 atom stereocenters. The Hall–Kier alpha value is -2.06. The summed E-state index contributed by atoms with van der Waals surface area (Å²) in [5, 5.41) is 0.637. The summed E-state index contributed by atoms with van der Waals surface area (Å²) in [7, 11) is 0. The first kappa shape index (κ1) is 16.3. The van der Waals surface area contributed by atoms with Crippen LogP contribution in [0.15, 0.2) is 54.6 Å². The van der Waals surface area contributed by atoms with Gasteiger partial charge in [0.25, 0.3) is 0 Å². The molecule has 0 heterocycles. The summed E-state index contributed by atoms with van der Waals surface area (Å²) in [5.74, 6) is -0.350. The normalized spacial score (nSPS) is 11.3. The van der Waals surface area contributed by atoms with E-state index in [0.717, 1.165) is 23.1 Å². The fraction of sp³-hybridized carbons (Fsp3) is 0.211. The van der Waals surface area contributed by atoms with E-state index in [-0.39, 0.29) is 5.97 Å². The molecule has 0 amide bonds. The lowest BCUT2D eigenvalue weighted by molar-refractivity contribution is -0.137. The van der Waals surface area contributed by atoms with E-state index in [4.69, 9.17) is 16.3 Å². The van der Waals surface area contributed by atoms with Gasteiger partial charge in [0.1, 0.15) is 0 Å². The van der Waals surface area contributed by atoms with Crippen molar-refractivity contribution in [2.75, 3.05) is 6.61 Å². The SMILES string of the molecule is CCOC(=O)/C=C(/c1ccc(CC)cc1)c1cccc(Cl)c1. The zero-order valence-corrected chi connectivity index (χ0v) is 13.6. The number of hydrogen-bond acceptors (Lipinski definition) is 2. The van der Waals surface area contributed by atoms with Gasteiger partial charge in [0.2, 0.25) is 0 Å². The lowest BCUT2D eigenvalue weighted by Crippen LogP contribution is -2.02. The Morgan fingerprint density at radius 2 is 1.82 bits per heavy atom. The van der Waals surface area contributed by atoms with Crippen LogP contribution in [0.25, 0.3) is 5.57 Å². The molecule has 0 saturated heterocycles. The Bertz CT molecular complexity index is 672. The maximum Gasteiger partial charge on any atom is 0.331 e. The predicted octanol–water partition coefficient (Wildman–Crippen LogP) is 4.90. The predicted molar refractivity (Wildman–Crippen MR) is 91.0 cm³/mol. The highest BCUT2D eigenvalue weighted by Gasteiger charge is 2.09. The quantitative estimate of drug-likeness (QED) is 0.579. The van der Waals surface area contributed by atoms with Crippen molar-refractivity contribution in [1.82, 2.24) is 0 Å². The van der Waals surface area contributed by atoms with Crippen LogP contribution in [0.2, 0.25) is 5.02 Å². The number of carbonyl (C=O) groups is 1. The number of halogens is 1. The number of esters is 1. The van der Waals surface area contributed by atoms with Crippen molar-refractivity contribution < 1.29 is 9.53 Å². The van der Waals surface area contributed by atoms with E-state index in [1.165, 1.54) is 11.6 Å². The second-order valence-corrected chi connectivity index (χ2v) is 5.31. The second kappa shape index (κ2) is 7.81. The van der Waals surface area contributed by atoms with Crippen molar-refractivity contribution in [1.29, 1.82) is 0 Å². The number of aryl methyl sites for hydroxylation is 1. The lowest BCUT2D eigenvalue weighted by atomic mass is 9.96. The topological polar surface area (TPSA) is 26.3 Å². The Morgan fingerprint density at radius 3 is 2.41 bits per heavy atom. The number of hydrogen-bond donors (Lipinski definition) is 0. The Morgan fingerprint density at radius 1 is 1.09 bits per heavy atom. The van der Waals surface area contributed by atoms with Crippen LogP contribution in [-0.2, 0) is 16.0 Å². The van der Waals surface area contributed by atoms with Crippen LogP contribution < -0.4 is 0 Å². The molecule has 114 valence electrons. The smallest absolute Gasteiger partial charge is 0.331 e. The van der Waals surface area contributed by atoms with Gasteiger partial charge in [-0.2, -0.15) is 0 Å². The maximum atomic E-state index is 11.9. The molecule has 0 aliphatic rings. The average molecular weight is 315 g/mol. The molecule has 3 heteroatoms. The second-order valence-electron chi connectivity index (χ2n) is 4.87. The molecule has 0 aliphatic heterocycles. The van der Waals surface area contributed by atoms with E-state index in [0.29, 0.717) is 11.6 Å². The van der Waals surface area contributed by atoms with Crippen molar-refractivity contribution >= 4 is 23.1 Å². The van der Waals surface area contributed by atoms with Crippen LogP contribution in [0, 0.1) is 0 Å². The standard InChI is InChI=1S/C19H19ClO2/c1-3-14-8-10-15(11-9-14)18(13-19(21)22-4-2)16-6-5-7-17(20)12-16/h5-13H,3-4H2,1-2H3/b18-13-. The molecule has 2 aromatic carbocycles. The average Bonchev–Trinajstić information content (AvgIpc) is 2.53. The lowest BCUT2D eigenvalue weighted by Gasteiger charge is -2.10. The summed E-state index contributed by atoms with van der Waals surface area (Å²) in [5.41, 5.74) is 3.92.